The summed E-state index contributed by atoms with van der Waals surface area (Å²) >= 11 is 0. The van der Waals surface area contributed by atoms with Crippen molar-refractivity contribution in [2.24, 2.45) is 0 Å². The second kappa shape index (κ2) is 9.56. The minimum Gasteiger partial charge on any atom is -0.358 e. The molecule has 0 fully saturated rings. The standard InChI is InChI=1S/C7H3.Li/c1-3-5-7-6-4-2;/h1H3;/q-1;+1. The molecule has 0 nitrogen and oxygen atoms in total. The fraction of sp³-hybridized carbons (Fsp3) is 0.143. The Bertz CT molecular complexity index is 186. The molecule has 0 spiro atoms. The largest absolute Gasteiger partial charge is 1.00 e. The van der Waals surface area contributed by atoms with Crippen LogP contribution in [0.5, 0.6) is 0 Å². The molecule has 0 radical (unpaired) electrons. The van der Waals surface area contributed by atoms with Gasteiger partial charge in [-0.15, -0.1) is 5.92 Å². The van der Waals surface area contributed by atoms with Crippen LogP contribution in [0.25, 0.3) is 0 Å². The van der Waals surface area contributed by atoms with E-state index in [0.717, 1.165) is 0 Å². The summed E-state index contributed by atoms with van der Waals surface area (Å²) < 4.78 is 0. The van der Waals surface area contributed by atoms with Crippen LogP contribution >= 0.6 is 0 Å². The molecule has 0 atom stereocenters. The molecule has 0 heterocycles. The first-order valence-electron chi connectivity index (χ1n) is 1.75. The van der Waals surface area contributed by atoms with Gasteiger partial charge in [-0.25, -0.2) is 5.92 Å². The number of hydrogen-bond acceptors (Lipinski definition) is 0. The van der Waals surface area contributed by atoms with Crippen LogP contribution in [0.15, 0.2) is 0 Å². The summed E-state index contributed by atoms with van der Waals surface area (Å²) in [6.45, 7) is 1.69. The molecule has 0 saturated heterocycles. The molecule has 0 rings (SSSR count). The molecule has 0 unspecified atom stereocenters. The van der Waals surface area contributed by atoms with Crippen LogP contribution < -0.4 is 18.9 Å². The van der Waals surface area contributed by atoms with E-state index in [1.165, 1.54) is 0 Å². The molecule has 8 heavy (non-hydrogen) atoms. The van der Waals surface area contributed by atoms with Crippen LogP contribution in [0.2, 0.25) is 0 Å². The Morgan fingerprint density at radius 1 is 1.12 bits per heavy atom. The number of hydrogen-bond donors (Lipinski definition) is 0. The van der Waals surface area contributed by atoms with E-state index in [0.29, 0.717) is 0 Å². The fourth-order valence-electron chi connectivity index (χ4n) is 0.125. The molecule has 32 valence electrons. The van der Waals surface area contributed by atoms with Crippen LogP contribution in [0.4, 0.5) is 0 Å². The van der Waals surface area contributed by atoms with Gasteiger partial charge in [0.15, 0.2) is 0 Å². The predicted molar refractivity (Wildman–Crippen MR) is 28.4 cm³/mol. The first-order valence-corrected chi connectivity index (χ1v) is 1.75. The molecule has 0 bridgehead atoms. The van der Waals surface area contributed by atoms with Crippen molar-refractivity contribution in [1.82, 2.24) is 0 Å². The van der Waals surface area contributed by atoms with Crippen molar-refractivity contribution >= 4 is 0 Å². The molecule has 0 aromatic heterocycles. The maximum atomic E-state index is 6.29. The molecule has 0 aliphatic rings. The molecule has 0 aliphatic carbocycles. The minimum absolute atomic E-state index is 0. The molecule has 0 saturated carbocycles. The summed E-state index contributed by atoms with van der Waals surface area (Å²) in [7, 11) is 0. The molecular formula is C7H3Li. The third-order valence-electron chi connectivity index (χ3n) is 0.312. The van der Waals surface area contributed by atoms with Gasteiger partial charge in [-0.2, -0.15) is 0 Å². The first kappa shape index (κ1) is 10.3. The van der Waals surface area contributed by atoms with Crippen molar-refractivity contribution in [2.45, 2.75) is 6.92 Å². The van der Waals surface area contributed by atoms with Crippen LogP contribution in [0.1, 0.15) is 6.92 Å². The van der Waals surface area contributed by atoms with Crippen molar-refractivity contribution in [1.29, 1.82) is 0 Å². The quantitative estimate of drug-likeness (QED) is 0.178. The van der Waals surface area contributed by atoms with E-state index in [-0.39, 0.29) is 18.9 Å². The van der Waals surface area contributed by atoms with Crippen LogP contribution in [-0.2, 0) is 0 Å². The molecule has 0 amide bonds. The summed E-state index contributed by atoms with van der Waals surface area (Å²) in [5.41, 5.74) is 0. The summed E-state index contributed by atoms with van der Waals surface area (Å²) in [5, 5.41) is 0. The SMILES string of the molecule is [C-]#CC#CC#CC.[Li+]. The molecule has 0 aliphatic heterocycles. The van der Waals surface area contributed by atoms with Gasteiger partial charge in [0.05, 0.1) is 0 Å². The van der Waals surface area contributed by atoms with E-state index in [9.17, 15) is 0 Å². The summed E-state index contributed by atoms with van der Waals surface area (Å²) in [5.74, 6) is 11.5. The molecule has 0 N–H and O–H groups in total. The molecule has 1 heteroatoms. The topological polar surface area (TPSA) is 0 Å². The van der Waals surface area contributed by atoms with E-state index in [1.54, 1.807) is 6.92 Å². The first-order chi connectivity index (χ1) is 3.41. The Balaban J connectivity index is 0. The third kappa shape index (κ3) is 8.99. The molecule has 0 aromatic rings. The van der Waals surface area contributed by atoms with Gasteiger partial charge in [0, 0.05) is 0 Å². The van der Waals surface area contributed by atoms with Gasteiger partial charge in [-0.1, -0.05) is 5.92 Å². The van der Waals surface area contributed by atoms with Gasteiger partial charge >= 0.3 is 18.9 Å². The van der Waals surface area contributed by atoms with E-state index in [2.05, 4.69) is 23.7 Å². The maximum absolute atomic E-state index is 6.29. The smallest absolute Gasteiger partial charge is 0.358 e. The monoisotopic (exact) mass is 94.0 g/mol. The number of rotatable bonds is 0. The van der Waals surface area contributed by atoms with Crippen molar-refractivity contribution in [3.05, 3.63) is 6.42 Å². The van der Waals surface area contributed by atoms with E-state index >= 15 is 0 Å². The average Bonchev–Trinajstić information content (AvgIpc) is 1.69. The van der Waals surface area contributed by atoms with Gasteiger partial charge in [-0.05, 0) is 12.8 Å². The zero-order chi connectivity index (χ0) is 5.54. The Morgan fingerprint density at radius 2 is 1.75 bits per heavy atom. The second-order valence-corrected chi connectivity index (χ2v) is 0.750. The molecule has 0 aromatic carbocycles. The van der Waals surface area contributed by atoms with Gasteiger partial charge in [0.25, 0.3) is 0 Å². The fourth-order valence-corrected chi connectivity index (χ4v) is 0.125. The van der Waals surface area contributed by atoms with Gasteiger partial charge in [-0.3, -0.25) is 5.92 Å². The second-order valence-electron chi connectivity index (χ2n) is 0.750. The van der Waals surface area contributed by atoms with Crippen molar-refractivity contribution in [3.8, 4) is 29.6 Å². The predicted octanol–water partition coefficient (Wildman–Crippen LogP) is -2.39. The third-order valence-corrected chi connectivity index (χ3v) is 0.312. The Labute approximate surface area is 62.2 Å². The summed E-state index contributed by atoms with van der Waals surface area (Å²) in [6.07, 6.45) is 6.29. The van der Waals surface area contributed by atoms with Crippen LogP contribution in [-0.4, -0.2) is 0 Å². The van der Waals surface area contributed by atoms with Crippen LogP contribution in [0, 0.1) is 36.0 Å². The van der Waals surface area contributed by atoms with Crippen LogP contribution in [0.3, 0.4) is 0 Å². The van der Waals surface area contributed by atoms with Gasteiger partial charge < -0.3 is 6.42 Å². The van der Waals surface area contributed by atoms with Crippen molar-refractivity contribution in [2.75, 3.05) is 0 Å². The summed E-state index contributed by atoms with van der Waals surface area (Å²) in [4.78, 5) is 0. The summed E-state index contributed by atoms with van der Waals surface area (Å²) in [6, 6.07) is 0. The van der Waals surface area contributed by atoms with E-state index in [4.69, 9.17) is 6.42 Å². The Morgan fingerprint density at radius 3 is 2.12 bits per heavy atom. The van der Waals surface area contributed by atoms with Crippen molar-refractivity contribution < 1.29 is 18.9 Å². The van der Waals surface area contributed by atoms with Gasteiger partial charge in [0.1, 0.15) is 0 Å². The molecular weight excluding hydrogens is 91.0 g/mol. The average molecular weight is 94.0 g/mol. The minimum atomic E-state index is 0. The Hall–Kier alpha value is -0.723. The zero-order valence-electron chi connectivity index (χ0n) is 5.00. The van der Waals surface area contributed by atoms with Crippen molar-refractivity contribution in [3.63, 3.8) is 0 Å². The normalized spacial score (nSPS) is 3.00. The van der Waals surface area contributed by atoms with E-state index < -0.39 is 0 Å². The van der Waals surface area contributed by atoms with E-state index in [1.807, 2.05) is 5.92 Å². The zero-order valence-corrected chi connectivity index (χ0v) is 5.00. The maximum Gasteiger partial charge on any atom is 1.00 e. The van der Waals surface area contributed by atoms with Gasteiger partial charge in [0.2, 0.25) is 0 Å². The Kier molecular flexibility index (Phi) is 12.3.